The number of hydrogen-bond acceptors (Lipinski definition) is 2. The summed E-state index contributed by atoms with van der Waals surface area (Å²) >= 11 is 1.91. The monoisotopic (exact) mass is 695 g/mol. The Labute approximate surface area is 315 Å². The Hall–Kier alpha value is -6.22. The van der Waals surface area contributed by atoms with E-state index in [1.54, 1.807) is 0 Å². The fourth-order valence-electron chi connectivity index (χ4n) is 8.38. The molecular weight excluding hydrogens is 659 g/mol. The summed E-state index contributed by atoms with van der Waals surface area (Å²) in [5.41, 5.74) is 16.1. The number of hydrogen-bond donors (Lipinski definition) is 0. The lowest BCUT2D eigenvalue weighted by molar-refractivity contribution is 0.661. The molecule has 0 fully saturated rings. The highest BCUT2D eigenvalue weighted by Gasteiger charge is 2.39. The van der Waals surface area contributed by atoms with Crippen molar-refractivity contribution in [1.29, 1.82) is 0 Å². The predicted molar refractivity (Wildman–Crippen MR) is 228 cm³/mol. The quantitative estimate of drug-likeness (QED) is 0.167. The molecule has 0 spiro atoms. The van der Waals surface area contributed by atoms with Gasteiger partial charge in [-0.15, -0.1) is 11.3 Å². The molecule has 0 amide bonds. The number of thiophene rings is 1. The van der Waals surface area contributed by atoms with Crippen molar-refractivity contribution < 1.29 is 0 Å². The van der Waals surface area contributed by atoms with E-state index in [2.05, 4.69) is 207 Å². The van der Waals surface area contributed by atoms with Crippen LogP contribution in [0.2, 0.25) is 0 Å². The molecule has 1 aliphatic rings. The van der Waals surface area contributed by atoms with E-state index in [9.17, 15) is 0 Å². The first-order valence-corrected chi connectivity index (χ1v) is 19.2. The molecule has 1 heterocycles. The van der Waals surface area contributed by atoms with Crippen molar-refractivity contribution in [2.24, 2.45) is 0 Å². The molecule has 8 aromatic carbocycles. The number of benzene rings is 8. The van der Waals surface area contributed by atoms with Gasteiger partial charge in [0.25, 0.3) is 0 Å². The average Bonchev–Trinajstić information content (AvgIpc) is 3.70. The standard InChI is InChI=1S/C51H37NS/c1-51(2)44-21-13-12-20-42(44)48-45(51)33-47-49(43-31-26-39(32-46(43)53-47)36-18-10-5-11-19-36)50(48)52(40-27-22-37(23-28-40)34-14-6-3-7-15-34)41-29-24-38(25-30-41)35-16-8-4-9-17-35/h3-33H,1-2H3. The Morgan fingerprint density at radius 1 is 0.415 bits per heavy atom. The van der Waals surface area contributed by atoms with Crippen LogP contribution >= 0.6 is 11.3 Å². The summed E-state index contributed by atoms with van der Waals surface area (Å²) < 4.78 is 2.61. The summed E-state index contributed by atoms with van der Waals surface area (Å²) in [5, 5.41) is 2.59. The summed E-state index contributed by atoms with van der Waals surface area (Å²) in [6, 6.07) is 68.9. The minimum atomic E-state index is -0.153. The summed E-state index contributed by atoms with van der Waals surface area (Å²) in [5.74, 6) is 0. The lowest BCUT2D eigenvalue weighted by atomic mass is 9.82. The SMILES string of the molecule is CC1(C)c2ccccc2-c2c1cc1sc3cc(-c4ccccc4)ccc3c1c2N(c1ccc(-c2ccccc2)cc1)c1ccc(-c2ccccc2)cc1. The number of anilines is 3. The third-order valence-corrected chi connectivity index (χ3v) is 12.2. The highest BCUT2D eigenvalue weighted by molar-refractivity contribution is 7.26. The minimum Gasteiger partial charge on any atom is -0.309 e. The lowest BCUT2D eigenvalue weighted by Crippen LogP contribution is -2.16. The summed E-state index contributed by atoms with van der Waals surface area (Å²) in [7, 11) is 0. The van der Waals surface area contributed by atoms with Gasteiger partial charge in [-0.2, -0.15) is 0 Å². The number of nitrogens with zero attached hydrogens (tertiary/aromatic N) is 1. The van der Waals surface area contributed by atoms with Gasteiger partial charge in [-0.05, 0) is 86.5 Å². The van der Waals surface area contributed by atoms with Crippen molar-refractivity contribution in [3.05, 3.63) is 199 Å². The molecule has 53 heavy (non-hydrogen) atoms. The highest BCUT2D eigenvalue weighted by Crippen LogP contribution is 2.58. The first kappa shape index (κ1) is 31.5. The van der Waals surface area contributed by atoms with E-state index in [0.29, 0.717) is 0 Å². The molecule has 0 atom stereocenters. The normalized spacial score (nSPS) is 12.9. The second-order valence-electron chi connectivity index (χ2n) is 14.5. The average molecular weight is 696 g/mol. The first-order valence-electron chi connectivity index (χ1n) is 18.3. The molecule has 1 aromatic heterocycles. The van der Waals surface area contributed by atoms with Gasteiger partial charge in [-0.3, -0.25) is 0 Å². The molecule has 0 N–H and O–H groups in total. The second kappa shape index (κ2) is 12.5. The highest BCUT2D eigenvalue weighted by atomic mass is 32.1. The molecule has 1 aliphatic carbocycles. The van der Waals surface area contributed by atoms with Crippen LogP contribution < -0.4 is 4.90 Å². The van der Waals surface area contributed by atoms with Gasteiger partial charge in [0.15, 0.2) is 0 Å². The molecule has 0 unspecified atom stereocenters. The Morgan fingerprint density at radius 3 is 1.45 bits per heavy atom. The molecule has 1 nitrogen and oxygen atoms in total. The van der Waals surface area contributed by atoms with Crippen LogP contribution in [0, 0.1) is 0 Å². The van der Waals surface area contributed by atoms with Gasteiger partial charge in [0.1, 0.15) is 0 Å². The number of rotatable bonds is 6. The molecule has 0 aliphatic heterocycles. The molecule has 0 bridgehead atoms. The van der Waals surface area contributed by atoms with E-state index in [4.69, 9.17) is 0 Å². The van der Waals surface area contributed by atoms with Gasteiger partial charge in [-0.1, -0.05) is 166 Å². The lowest BCUT2D eigenvalue weighted by Gasteiger charge is -2.30. The van der Waals surface area contributed by atoms with Gasteiger partial charge in [0, 0.05) is 42.5 Å². The third kappa shape index (κ3) is 5.21. The predicted octanol–water partition coefficient (Wildman–Crippen LogP) is 14.8. The number of fused-ring (bicyclic) bond motifs is 6. The minimum absolute atomic E-state index is 0.153. The largest absolute Gasteiger partial charge is 0.309 e. The zero-order valence-electron chi connectivity index (χ0n) is 29.8. The van der Waals surface area contributed by atoms with Crippen LogP contribution in [-0.4, -0.2) is 0 Å². The zero-order chi connectivity index (χ0) is 35.5. The maximum absolute atomic E-state index is 2.53. The van der Waals surface area contributed by atoms with E-state index >= 15 is 0 Å². The van der Waals surface area contributed by atoms with Crippen LogP contribution in [0.25, 0.3) is 64.7 Å². The van der Waals surface area contributed by atoms with Crippen LogP contribution in [0.4, 0.5) is 17.1 Å². The molecule has 10 rings (SSSR count). The smallest absolute Gasteiger partial charge is 0.0636 e. The van der Waals surface area contributed by atoms with Crippen LogP contribution in [0.15, 0.2) is 188 Å². The maximum atomic E-state index is 2.53. The van der Waals surface area contributed by atoms with Crippen LogP contribution in [0.5, 0.6) is 0 Å². The van der Waals surface area contributed by atoms with E-state index in [0.717, 1.165) is 11.4 Å². The second-order valence-corrected chi connectivity index (χ2v) is 15.6. The van der Waals surface area contributed by atoms with E-state index in [-0.39, 0.29) is 5.41 Å². The van der Waals surface area contributed by atoms with Gasteiger partial charge < -0.3 is 4.90 Å². The van der Waals surface area contributed by atoms with Gasteiger partial charge in [0.05, 0.1) is 5.69 Å². The fourth-order valence-corrected chi connectivity index (χ4v) is 9.57. The molecule has 0 saturated carbocycles. The van der Waals surface area contributed by atoms with Crippen LogP contribution in [-0.2, 0) is 5.41 Å². The van der Waals surface area contributed by atoms with Crippen molar-refractivity contribution >= 4 is 48.6 Å². The third-order valence-electron chi connectivity index (χ3n) is 11.1. The topological polar surface area (TPSA) is 3.24 Å². The summed E-state index contributed by atoms with van der Waals surface area (Å²) in [6.07, 6.45) is 0. The molecule has 9 aromatic rings. The Bertz CT molecular complexity index is 2680. The van der Waals surface area contributed by atoms with Crippen molar-refractivity contribution in [2.45, 2.75) is 19.3 Å². The van der Waals surface area contributed by atoms with Crippen molar-refractivity contribution in [1.82, 2.24) is 0 Å². The van der Waals surface area contributed by atoms with Crippen molar-refractivity contribution in [3.8, 4) is 44.5 Å². The van der Waals surface area contributed by atoms with Crippen molar-refractivity contribution in [2.75, 3.05) is 4.90 Å². The van der Waals surface area contributed by atoms with Gasteiger partial charge in [0.2, 0.25) is 0 Å². The fraction of sp³-hybridized carbons (Fsp3) is 0.0588. The first-order chi connectivity index (χ1) is 26.0. The Morgan fingerprint density at radius 2 is 0.887 bits per heavy atom. The van der Waals surface area contributed by atoms with Gasteiger partial charge >= 0.3 is 0 Å². The van der Waals surface area contributed by atoms with E-state index in [1.807, 2.05) is 11.3 Å². The molecule has 0 saturated heterocycles. The molecular formula is C51H37NS. The zero-order valence-corrected chi connectivity index (χ0v) is 30.6. The summed E-state index contributed by atoms with van der Waals surface area (Å²) in [4.78, 5) is 2.53. The molecule has 0 radical (unpaired) electrons. The van der Waals surface area contributed by atoms with E-state index < -0.39 is 0 Å². The van der Waals surface area contributed by atoms with Crippen LogP contribution in [0.1, 0.15) is 25.0 Å². The molecule has 252 valence electrons. The molecule has 2 heteroatoms. The Kier molecular flexibility index (Phi) is 7.42. The summed E-state index contributed by atoms with van der Waals surface area (Å²) in [6.45, 7) is 4.78. The Balaban J connectivity index is 1.27. The van der Waals surface area contributed by atoms with E-state index in [1.165, 1.54) is 81.5 Å². The maximum Gasteiger partial charge on any atom is 0.0636 e. The van der Waals surface area contributed by atoms with Gasteiger partial charge in [-0.25, -0.2) is 0 Å². The van der Waals surface area contributed by atoms with Crippen LogP contribution in [0.3, 0.4) is 0 Å². The van der Waals surface area contributed by atoms with Crippen molar-refractivity contribution in [3.63, 3.8) is 0 Å².